The Balaban J connectivity index is 1.90. The number of aliphatic hydroxyl groups excluding tert-OH is 1. The van der Waals surface area contributed by atoms with Crippen LogP contribution in [0, 0.1) is 11.3 Å². The minimum Gasteiger partial charge on any atom is -0.387 e. The first-order valence-corrected chi connectivity index (χ1v) is 7.89. The normalized spacial score (nSPS) is 22.1. The van der Waals surface area contributed by atoms with Crippen molar-refractivity contribution in [3.63, 3.8) is 0 Å². The summed E-state index contributed by atoms with van der Waals surface area (Å²) in [6, 6.07) is 8.39. The van der Waals surface area contributed by atoms with Crippen molar-refractivity contribution in [1.82, 2.24) is 4.90 Å². The fourth-order valence-electron chi connectivity index (χ4n) is 3.03. The monoisotopic (exact) mass is 275 g/mol. The molecule has 0 aliphatic carbocycles. The standard InChI is InChI=1S/C18H29NO/c1-5-14-6-8-15(9-7-14)17(20)13-19-11-10-16(12-19)18(2,3)4/h6-9,16-17,20H,5,10-13H2,1-4H3. The highest BCUT2D eigenvalue weighted by molar-refractivity contribution is 5.24. The summed E-state index contributed by atoms with van der Waals surface area (Å²) in [5.41, 5.74) is 2.75. The zero-order valence-electron chi connectivity index (χ0n) is 13.4. The Labute approximate surface area is 123 Å². The maximum absolute atomic E-state index is 10.4. The lowest BCUT2D eigenvalue weighted by Gasteiger charge is -2.27. The first-order valence-electron chi connectivity index (χ1n) is 7.89. The fraction of sp³-hybridized carbons (Fsp3) is 0.667. The zero-order valence-corrected chi connectivity index (χ0v) is 13.4. The van der Waals surface area contributed by atoms with E-state index in [1.54, 1.807) is 0 Å². The van der Waals surface area contributed by atoms with E-state index in [4.69, 9.17) is 0 Å². The summed E-state index contributed by atoms with van der Waals surface area (Å²) >= 11 is 0. The number of hydrogen-bond donors (Lipinski definition) is 1. The van der Waals surface area contributed by atoms with Crippen LogP contribution in [0.25, 0.3) is 0 Å². The highest BCUT2D eigenvalue weighted by Crippen LogP contribution is 2.34. The van der Waals surface area contributed by atoms with Gasteiger partial charge in [0.1, 0.15) is 0 Å². The van der Waals surface area contributed by atoms with Crippen molar-refractivity contribution in [2.75, 3.05) is 19.6 Å². The summed E-state index contributed by atoms with van der Waals surface area (Å²) in [5.74, 6) is 0.747. The molecule has 1 aromatic rings. The van der Waals surface area contributed by atoms with Crippen LogP contribution in [0.2, 0.25) is 0 Å². The third kappa shape index (κ3) is 3.83. The van der Waals surface area contributed by atoms with Gasteiger partial charge in [-0.05, 0) is 41.8 Å². The van der Waals surface area contributed by atoms with Crippen LogP contribution in [0.4, 0.5) is 0 Å². The SMILES string of the molecule is CCc1ccc(C(O)CN2CCC(C(C)(C)C)C2)cc1. The van der Waals surface area contributed by atoms with E-state index in [2.05, 4.69) is 56.9 Å². The van der Waals surface area contributed by atoms with Gasteiger partial charge in [0.2, 0.25) is 0 Å². The second kappa shape index (κ2) is 6.28. The van der Waals surface area contributed by atoms with Crippen LogP contribution in [0.3, 0.4) is 0 Å². The van der Waals surface area contributed by atoms with Crippen LogP contribution >= 0.6 is 0 Å². The zero-order chi connectivity index (χ0) is 14.8. The Morgan fingerprint density at radius 2 is 1.90 bits per heavy atom. The summed E-state index contributed by atoms with van der Waals surface area (Å²) in [5, 5.41) is 10.4. The number of aliphatic hydroxyl groups is 1. The van der Waals surface area contributed by atoms with E-state index in [9.17, 15) is 5.11 Å². The average molecular weight is 275 g/mol. The van der Waals surface area contributed by atoms with Crippen LogP contribution in [0.1, 0.15) is 51.3 Å². The minimum atomic E-state index is -0.361. The molecule has 0 aromatic heterocycles. The van der Waals surface area contributed by atoms with E-state index in [1.807, 2.05) is 0 Å². The molecular weight excluding hydrogens is 246 g/mol. The Hall–Kier alpha value is -0.860. The maximum atomic E-state index is 10.4. The van der Waals surface area contributed by atoms with E-state index in [0.29, 0.717) is 5.41 Å². The molecule has 0 radical (unpaired) electrons. The molecule has 2 nitrogen and oxygen atoms in total. The molecule has 1 aliphatic rings. The lowest BCUT2D eigenvalue weighted by Crippen LogP contribution is -2.29. The summed E-state index contributed by atoms with van der Waals surface area (Å²) < 4.78 is 0. The average Bonchev–Trinajstić information content (AvgIpc) is 2.87. The predicted molar refractivity (Wildman–Crippen MR) is 84.8 cm³/mol. The summed E-state index contributed by atoms with van der Waals surface area (Å²) in [6.07, 6.45) is 1.94. The van der Waals surface area contributed by atoms with Gasteiger partial charge < -0.3 is 10.0 Å². The quantitative estimate of drug-likeness (QED) is 0.906. The van der Waals surface area contributed by atoms with Crippen LogP contribution in [0.5, 0.6) is 0 Å². The van der Waals surface area contributed by atoms with Crippen molar-refractivity contribution in [2.45, 2.75) is 46.6 Å². The van der Waals surface area contributed by atoms with E-state index in [1.165, 1.54) is 12.0 Å². The molecule has 1 heterocycles. The van der Waals surface area contributed by atoms with Crippen LogP contribution in [0.15, 0.2) is 24.3 Å². The van der Waals surface area contributed by atoms with Gasteiger partial charge in [-0.2, -0.15) is 0 Å². The first-order chi connectivity index (χ1) is 9.40. The van der Waals surface area contributed by atoms with Crippen molar-refractivity contribution >= 4 is 0 Å². The molecule has 2 unspecified atom stereocenters. The number of hydrogen-bond acceptors (Lipinski definition) is 2. The minimum absolute atomic E-state index is 0.361. The van der Waals surface area contributed by atoms with Gasteiger partial charge >= 0.3 is 0 Å². The van der Waals surface area contributed by atoms with Gasteiger partial charge in [-0.15, -0.1) is 0 Å². The topological polar surface area (TPSA) is 23.5 Å². The molecule has 0 amide bonds. The first kappa shape index (κ1) is 15.5. The second-order valence-electron chi connectivity index (χ2n) is 7.22. The predicted octanol–water partition coefficient (Wildman–Crippen LogP) is 3.65. The molecule has 1 N–H and O–H groups in total. The van der Waals surface area contributed by atoms with Gasteiger partial charge in [0.15, 0.2) is 0 Å². The molecule has 1 aromatic carbocycles. The molecule has 0 spiro atoms. The van der Waals surface area contributed by atoms with E-state index in [-0.39, 0.29) is 6.10 Å². The van der Waals surface area contributed by atoms with Gasteiger partial charge in [-0.1, -0.05) is 52.0 Å². The molecular formula is C18H29NO. The lowest BCUT2D eigenvalue weighted by molar-refractivity contribution is 0.119. The Bertz CT molecular complexity index is 418. The van der Waals surface area contributed by atoms with Crippen molar-refractivity contribution in [3.8, 4) is 0 Å². The molecule has 20 heavy (non-hydrogen) atoms. The van der Waals surface area contributed by atoms with Crippen molar-refractivity contribution < 1.29 is 5.11 Å². The van der Waals surface area contributed by atoms with Gasteiger partial charge in [0, 0.05) is 13.1 Å². The number of aryl methyl sites for hydroxylation is 1. The third-order valence-electron chi connectivity index (χ3n) is 4.70. The third-order valence-corrected chi connectivity index (χ3v) is 4.70. The Kier molecular flexibility index (Phi) is 4.87. The largest absolute Gasteiger partial charge is 0.387 e. The van der Waals surface area contributed by atoms with Crippen molar-refractivity contribution in [2.24, 2.45) is 11.3 Å². The van der Waals surface area contributed by atoms with Crippen LogP contribution in [-0.2, 0) is 6.42 Å². The number of nitrogens with zero attached hydrogens (tertiary/aromatic N) is 1. The van der Waals surface area contributed by atoms with E-state index >= 15 is 0 Å². The highest BCUT2D eigenvalue weighted by atomic mass is 16.3. The Morgan fingerprint density at radius 3 is 2.40 bits per heavy atom. The van der Waals surface area contributed by atoms with Crippen molar-refractivity contribution in [1.29, 1.82) is 0 Å². The molecule has 0 saturated carbocycles. The second-order valence-corrected chi connectivity index (χ2v) is 7.22. The smallest absolute Gasteiger partial charge is 0.0916 e. The number of rotatable bonds is 4. The summed E-state index contributed by atoms with van der Waals surface area (Å²) in [6.45, 7) is 12.1. The number of likely N-dealkylation sites (tertiary alicyclic amines) is 1. The fourth-order valence-corrected chi connectivity index (χ4v) is 3.03. The summed E-state index contributed by atoms with van der Waals surface area (Å²) in [7, 11) is 0. The van der Waals surface area contributed by atoms with Crippen molar-refractivity contribution in [3.05, 3.63) is 35.4 Å². The molecule has 1 saturated heterocycles. The van der Waals surface area contributed by atoms with Gasteiger partial charge in [-0.25, -0.2) is 0 Å². The highest BCUT2D eigenvalue weighted by Gasteiger charge is 2.32. The van der Waals surface area contributed by atoms with Gasteiger partial charge in [0.05, 0.1) is 6.10 Å². The van der Waals surface area contributed by atoms with Gasteiger partial charge in [-0.3, -0.25) is 0 Å². The number of β-amino-alcohol motifs (C(OH)–C–C–N with tert-alkyl or cyclic N) is 1. The van der Waals surface area contributed by atoms with Crippen LogP contribution < -0.4 is 0 Å². The summed E-state index contributed by atoms with van der Waals surface area (Å²) in [4.78, 5) is 2.41. The molecule has 1 fully saturated rings. The maximum Gasteiger partial charge on any atom is 0.0916 e. The molecule has 1 aliphatic heterocycles. The van der Waals surface area contributed by atoms with E-state index < -0.39 is 0 Å². The van der Waals surface area contributed by atoms with Crippen LogP contribution in [-0.4, -0.2) is 29.6 Å². The molecule has 0 bridgehead atoms. The number of benzene rings is 1. The van der Waals surface area contributed by atoms with Gasteiger partial charge in [0.25, 0.3) is 0 Å². The molecule has 2 atom stereocenters. The molecule has 112 valence electrons. The molecule has 2 rings (SSSR count). The molecule has 2 heteroatoms. The lowest BCUT2D eigenvalue weighted by atomic mass is 9.80. The van der Waals surface area contributed by atoms with E-state index in [0.717, 1.165) is 37.5 Å². The Morgan fingerprint density at radius 1 is 1.25 bits per heavy atom.